The zero-order valence-corrected chi connectivity index (χ0v) is 18.3. The molecule has 1 amide bonds. The van der Waals surface area contributed by atoms with Crippen molar-refractivity contribution in [2.75, 3.05) is 7.11 Å². The first-order valence-corrected chi connectivity index (χ1v) is 12.9. The third-order valence-electron chi connectivity index (χ3n) is 4.47. The summed E-state index contributed by atoms with van der Waals surface area (Å²) in [4.78, 5) is 43.8. The van der Waals surface area contributed by atoms with Crippen LogP contribution in [0, 0.1) is 0 Å². The minimum absolute atomic E-state index is 0.152. The standard InChI is InChI=1S/C12H15N2O15P3/c1-24-5(15)2-4-3-14-10(13-11(4)18)9(8-6(16)7(17)12(14)25-8)26-32(23)28-30(19,20)27-31(21,22)29-32/h3,6-8,12,16-17H,2H2,1H3,(H,13,18)(H,19,20)(H,21,22)/t6-,7+,8+,12-/m1/s1. The van der Waals surface area contributed by atoms with Gasteiger partial charge in [0.2, 0.25) is 0 Å². The number of rotatable bonds is 4. The van der Waals surface area contributed by atoms with Gasteiger partial charge in [-0.05, 0) is 0 Å². The quantitative estimate of drug-likeness (QED) is 0.218. The molecule has 4 aliphatic rings. The number of carbonyl (C=O) groups excluding carboxylic acids is 2. The molecule has 0 radical (unpaired) electrons. The first-order valence-electron chi connectivity index (χ1n) is 8.46. The van der Waals surface area contributed by atoms with Gasteiger partial charge in [0.1, 0.15) is 12.2 Å². The van der Waals surface area contributed by atoms with Crippen LogP contribution in [0.4, 0.5) is 0 Å². The van der Waals surface area contributed by atoms with E-state index in [9.17, 15) is 43.3 Å². The summed E-state index contributed by atoms with van der Waals surface area (Å²) in [5, 5.41) is 22.9. The Labute approximate surface area is 177 Å². The van der Waals surface area contributed by atoms with E-state index in [2.05, 4.69) is 23.0 Å². The van der Waals surface area contributed by atoms with Crippen molar-refractivity contribution in [1.29, 1.82) is 0 Å². The number of nitrogens with one attached hydrogen (secondary N) is 1. The lowest BCUT2D eigenvalue weighted by Gasteiger charge is -2.39. The fourth-order valence-electron chi connectivity index (χ4n) is 3.20. The number of methoxy groups -OCH3 is 1. The maximum absolute atomic E-state index is 12.7. The van der Waals surface area contributed by atoms with Crippen molar-refractivity contribution in [3.05, 3.63) is 23.4 Å². The number of ether oxygens (including phenoxy) is 2. The molecule has 6 atom stereocenters. The van der Waals surface area contributed by atoms with Crippen molar-refractivity contribution in [3.8, 4) is 0 Å². The molecule has 0 saturated carbocycles. The van der Waals surface area contributed by atoms with Gasteiger partial charge in [-0.15, -0.1) is 0 Å². The third-order valence-corrected chi connectivity index (χ3v) is 9.79. The summed E-state index contributed by atoms with van der Waals surface area (Å²) in [5.41, 5.74) is -0.152. The highest BCUT2D eigenvalue weighted by atomic mass is 31.3. The number of phosphoric acid groups is 3. The Bertz CT molecular complexity index is 1060. The molecule has 32 heavy (non-hydrogen) atoms. The summed E-state index contributed by atoms with van der Waals surface area (Å²) in [6, 6.07) is 0. The van der Waals surface area contributed by atoms with Gasteiger partial charge in [-0.3, -0.25) is 9.59 Å². The normalized spacial score (nSPS) is 43.3. The Kier molecular flexibility index (Phi) is 5.68. The predicted octanol–water partition coefficient (Wildman–Crippen LogP) is -1.12. The first kappa shape index (κ1) is 23.5. The summed E-state index contributed by atoms with van der Waals surface area (Å²) in [5.74, 6) is -2.75. The first-order chi connectivity index (χ1) is 14.7. The Balaban J connectivity index is 1.76. The van der Waals surface area contributed by atoms with Crippen LogP contribution < -0.4 is 5.32 Å². The summed E-state index contributed by atoms with van der Waals surface area (Å²) in [6.07, 6.45) is -5.71. The van der Waals surface area contributed by atoms with Crippen LogP contribution in [0.1, 0.15) is 6.42 Å². The van der Waals surface area contributed by atoms with Gasteiger partial charge in [-0.25, -0.2) is 13.7 Å². The second-order valence-corrected chi connectivity index (χ2v) is 11.5. The van der Waals surface area contributed by atoms with Crippen molar-refractivity contribution in [2.24, 2.45) is 0 Å². The molecular weight excluding hydrogens is 505 g/mol. The summed E-state index contributed by atoms with van der Waals surface area (Å²) in [7, 11) is -15.1. The van der Waals surface area contributed by atoms with Crippen LogP contribution in [0.2, 0.25) is 0 Å². The van der Waals surface area contributed by atoms with Crippen molar-refractivity contribution in [2.45, 2.75) is 31.0 Å². The number of hydrogen-bond donors (Lipinski definition) is 5. The number of esters is 1. The predicted molar refractivity (Wildman–Crippen MR) is 94.0 cm³/mol. The van der Waals surface area contributed by atoms with Gasteiger partial charge in [-0.2, -0.15) is 12.9 Å². The highest BCUT2D eigenvalue weighted by Gasteiger charge is 2.60. The molecule has 0 aliphatic carbocycles. The van der Waals surface area contributed by atoms with E-state index < -0.39 is 72.1 Å². The van der Waals surface area contributed by atoms with Gasteiger partial charge < -0.3 is 44.2 Å². The zero-order chi connectivity index (χ0) is 23.6. The molecule has 0 aromatic carbocycles. The van der Waals surface area contributed by atoms with Crippen LogP contribution >= 0.6 is 23.5 Å². The van der Waals surface area contributed by atoms with Crippen LogP contribution in [0.5, 0.6) is 0 Å². The van der Waals surface area contributed by atoms with E-state index in [1.165, 1.54) is 0 Å². The molecule has 178 valence electrons. The Morgan fingerprint density at radius 2 is 1.78 bits per heavy atom. The Morgan fingerprint density at radius 3 is 2.38 bits per heavy atom. The van der Waals surface area contributed by atoms with E-state index in [4.69, 9.17) is 9.26 Å². The molecule has 2 saturated heterocycles. The number of nitrogens with zero attached hydrogens (tertiary/aromatic N) is 1. The molecule has 2 unspecified atom stereocenters. The average molecular weight is 520 g/mol. The van der Waals surface area contributed by atoms with Crippen molar-refractivity contribution >= 4 is 35.3 Å². The highest BCUT2D eigenvalue weighted by Crippen LogP contribution is 2.80. The number of aliphatic hydroxyl groups excluding tert-OH is 2. The van der Waals surface area contributed by atoms with Crippen molar-refractivity contribution < 1.29 is 70.2 Å². The monoisotopic (exact) mass is 520 g/mol. The molecule has 2 fully saturated rings. The van der Waals surface area contributed by atoms with E-state index in [-0.39, 0.29) is 11.4 Å². The molecular formula is C12H15N2O15P3. The number of fused-ring (bicyclic) bond motifs is 4. The fourth-order valence-corrected chi connectivity index (χ4v) is 8.13. The Hall–Kier alpha value is -1.61. The minimum atomic E-state index is -5.39. The zero-order valence-electron chi connectivity index (χ0n) is 15.7. The Morgan fingerprint density at radius 1 is 1.16 bits per heavy atom. The van der Waals surface area contributed by atoms with Gasteiger partial charge >= 0.3 is 29.4 Å². The van der Waals surface area contributed by atoms with Gasteiger partial charge in [-0.1, -0.05) is 0 Å². The molecule has 4 heterocycles. The molecule has 0 spiro atoms. The maximum Gasteiger partial charge on any atom is 0.548 e. The van der Waals surface area contributed by atoms with Crippen LogP contribution in [0.25, 0.3) is 0 Å². The van der Waals surface area contributed by atoms with Gasteiger partial charge in [0.05, 0.1) is 13.5 Å². The summed E-state index contributed by atoms with van der Waals surface area (Å²) in [6.45, 7) is 0. The third kappa shape index (κ3) is 4.18. The molecule has 17 nitrogen and oxygen atoms in total. The topological polar surface area (TPSA) is 237 Å². The van der Waals surface area contributed by atoms with Gasteiger partial charge in [0.25, 0.3) is 5.91 Å². The number of hydrogen-bond acceptors (Lipinski definition) is 14. The van der Waals surface area contributed by atoms with E-state index in [0.29, 0.717) is 0 Å². The molecule has 0 aromatic heterocycles. The average Bonchev–Trinajstić information content (AvgIpc) is 2.90. The highest BCUT2D eigenvalue weighted by molar-refractivity contribution is 7.74. The van der Waals surface area contributed by atoms with Crippen molar-refractivity contribution in [3.63, 3.8) is 0 Å². The second-order valence-electron chi connectivity index (χ2n) is 6.63. The summed E-state index contributed by atoms with van der Waals surface area (Å²) < 4.78 is 63.1. The van der Waals surface area contributed by atoms with E-state index in [0.717, 1.165) is 18.2 Å². The van der Waals surface area contributed by atoms with E-state index in [1.54, 1.807) is 0 Å². The lowest BCUT2D eigenvalue weighted by Crippen LogP contribution is -2.50. The van der Waals surface area contributed by atoms with E-state index in [1.807, 2.05) is 0 Å². The molecule has 20 heteroatoms. The lowest BCUT2D eigenvalue weighted by atomic mass is 10.1. The van der Waals surface area contributed by atoms with Gasteiger partial charge in [0.15, 0.2) is 23.9 Å². The molecule has 4 aliphatic heterocycles. The van der Waals surface area contributed by atoms with Crippen molar-refractivity contribution in [1.82, 2.24) is 10.2 Å². The van der Waals surface area contributed by atoms with Crippen LogP contribution in [0.3, 0.4) is 0 Å². The second kappa shape index (κ2) is 7.72. The van der Waals surface area contributed by atoms with E-state index >= 15 is 0 Å². The molecule has 4 rings (SSSR count). The number of aliphatic hydroxyl groups is 2. The SMILES string of the molecule is COC(=O)CC1=CN2C(=C(OP3(=O)OP(=O)(O)OP(=O)(O)O3)[C@H]3O[C@@H]2[C@@H](O)[C@H]3O)NC1=O. The number of carbonyl (C=O) groups is 2. The lowest BCUT2D eigenvalue weighted by molar-refractivity contribution is -0.140. The smallest absolute Gasteiger partial charge is 0.469 e. The number of amides is 1. The molecule has 5 N–H and O–H groups in total. The van der Waals surface area contributed by atoms with Crippen LogP contribution in [-0.2, 0) is 50.2 Å². The summed E-state index contributed by atoms with van der Waals surface area (Å²) >= 11 is 0. The minimum Gasteiger partial charge on any atom is -0.469 e. The molecule has 0 aromatic rings. The fraction of sp³-hybridized carbons (Fsp3) is 0.500. The molecule has 2 bridgehead atoms. The van der Waals surface area contributed by atoms with Crippen LogP contribution in [-0.4, -0.2) is 68.4 Å². The van der Waals surface area contributed by atoms with Gasteiger partial charge in [0, 0.05) is 11.8 Å². The largest absolute Gasteiger partial charge is 0.548 e. The maximum atomic E-state index is 12.7. The van der Waals surface area contributed by atoms with Crippen LogP contribution in [0.15, 0.2) is 23.4 Å².